The molecule has 1 aromatic heterocycles. The second kappa shape index (κ2) is 11.5. The van der Waals surface area contributed by atoms with Crippen molar-refractivity contribution >= 4 is 5.91 Å². The summed E-state index contributed by atoms with van der Waals surface area (Å²) in [4.78, 5) is 15.6. The molecule has 0 unspecified atom stereocenters. The number of hydrogen-bond acceptors (Lipinski definition) is 5. The number of aryl methyl sites for hydroxylation is 2. The molecule has 38 heavy (non-hydrogen) atoms. The van der Waals surface area contributed by atoms with E-state index in [1.54, 1.807) is 11.8 Å². The van der Waals surface area contributed by atoms with Gasteiger partial charge >= 0.3 is 0 Å². The Morgan fingerprint density at radius 2 is 1.79 bits per heavy atom. The predicted octanol–water partition coefficient (Wildman–Crippen LogP) is 6.11. The third-order valence-corrected chi connectivity index (χ3v) is 6.78. The molecular weight excluding hydrogens is 478 g/mol. The number of para-hydroxylation sites is 1. The molecular formula is C31H33N3O4. The summed E-state index contributed by atoms with van der Waals surface area (Å²) >= 11 is 0. The number of carbonyl (C=O) groups excluding carboxylic acids is 1. The lowest BCUT2D eigenvalue weighted by atomic mass is 10.1. The third-order valence-electron chi connectivity index (χ3n) is 6.78. The largest absolute Gasteiger partial charge is 0.497 e. The van der Waals surface area contributed by atoms with Gasteiger partial charge in [0.05, 0.1) is 36.7 Å². The molecule has 1 fully saturated rings. The van der Waals surface area contributed by atoms with E-state index in [4.69, 9.17) is 19.3 Å². The zero-order chi connectivity index (χ0) is 26.5. The summed E-state index contributed by atoms with van der Waals surface area (Å²) in [7, 11) is 1.63. The molecule has 1 amide bonds. The summed E-state index contributed by atoms with van der Waals surface area (Å²) in [6, 6.07) is 25.0. The maximum atomic E-state index is 13.8. The summed E-state index contributed by atoms with van der Waals surface area (Å²) in [6.45, 7) is 5.54. The standard InChI is InChI=1S/C31H33N3O4/c1-22-14-16-24(17-15-22)30(35)33(20-28-13-8-18-37-28)21-29-23(2)32-34(25-9-5-4-6-10-25)31(29)38-27-12-7-11-26(19-27)36-3/h4-7,9-12,14-17,19,28H,8,13,18,20-21H2,1-3H3/t28-/m1/s1. The molecule has 0 bridgehead atoms. The molecule has 7 nitrogen and oxygen atoms in total. The summed E-state index contributed by atoms with van der Waals surface area (Å²) in [5.41, 5.74) is 4.27. The van der Waals surface area contributed by atoms with Crippen LogP contribution in [0.25, 0.3) is 5.69 Å². The summed E-state index contributed by atoms with van der Waals surface area (Å²) in [5.74, 6) is 1.84. The summed E-state index contributed by atoms with van der Waals surface area (Å²) in [5, 5.41) is 4.84. The molecule has 0 spiro atoms. The minimum Gasteiger partial charge on any atom is -0.497 e. The molecule has 0 aliphatic carbocycles. The van der Waals surface area contributed by atoms with E-state index in [1.165, 1.54) is 0 Å². The van der Waals surface area contributed by atoms with Crippen LogP contribution in [0.4, 0.5) is 0 Å². The molecule has 1 saturated heterocycles. The molecule has 196 valence electrons. The molecule has 2 heterocycles. The molecule has 7 heteroatoms. The maximum Gasteiger partial charge on any atom is 0.254 e. The van der Waals surface area contributed by atoms with Gasteiger partial charge in [0.2, 0.25) is 5.88 Å². The normalized spacial score (nSPS) is 14.9. The number of nitrogens with zero attached hydrogens (tertiary/aromatic N) is 3. The molecule has 5 rings (SSSR count). The number of benzene rings is 3. The Bertz CT molecular complexity index is 1380. The zero-order valence-corrected chi connectivity index (χ0v) is 22.1. The van der Waals surface area contributed by atoms with Crippen LogP contribution < -0.4 is 9.47 Å². The third kappa shape index (κ3) is 5.73. The average Bonchev–Trinajstić information content (AvgIpc) is 3.57. The monoisotopic (exact) mass is 511 g/mol. The van der Waals surface area contributed by atoms with Gasteiger partial charge in [0.25, 0.3) is 5.91 Å². The minimum absolute atomic E-state index is 0.0108. The Hall–Kier alpha value is -4.10. The minimum atomic E-state index is -0.0420. The number of rotatable bonds is 9. The van der Waals surface area contributed by atoms with Gasteiger partial charge in [-0.05, 0) is 63.1 Å². The number of methoxy groups -OCH3 is 1. The maximum absolute atomic E-state index is 13.8. The van der Waals surface area contributed by atoms with E-state index < -0.39 is 0 Å². The lowest BCUT2D eigenvalue weighted by Gasteiger charge is -2.26. The molecule has 3 aromatic carbocycles. The van der Waals surface area contributed by atoms with Crippen LogP contribution in [0.1, 0.15) is 40.0 Å². The molecule has 0 radical (unpaired) electrons. The topological polar surface area (TPSA) is 65.8 Å². The molecule has 4 aromatic rings. The van der Waals surface area contributed by atoms with Crippen molar-refractivity contribution in [2.45, 2.75) is 39.3 Å². The first-order chi connectivity index (χ1) is 18.5. The highest BCUT2D eigenvalue weighted by atomic mass is 16.5. The van der Waals surface area contributed by atoms with Crippen LogP contribution >= 0.6 is 0 Å². The van der Waals surface area contributed by atoms with Gasteiger partial charge in [-0.3, -0.25) is 4.79 Å². The highest BCUT2D eigenvalue weighted by Crippen LogP contribution is 2.33. The SMILES string of the molecule is COc1cccc(Oc2c(CN(C[C@H]3CCCO3)C(=O)c3ccc(C)cc3)c(C)nn2-c2ccccc2)c1. The Balaban J connectivity index is 1.54. The second-order valence-corrected chi connectivity index (χ2v) is 9.58. The number of aromatic nitrogens is 2. The number of carbonyl (C=O) groups is 1. The van der Waals surface area contributed by atoms with Crippen LogP contribution in [-0.4, -0.2) is 47.0 Å². The fourth-order valence-electron chi connectivity index (χ4n) is 4.67. The molecule has 0 saturated carbocycles. The van der Waals surface area contributed by atoms with Crippen LogP contribution in [-0.2, 0) is 11.3 Å². The van der Waals surface area contributed by atoms with Crippen molar-refractivity contribution in [2.75, 3.05) is 20.3 Å². The van der Waals surface area contributed by atoms with Gasteiger partial charge in [-0.25, -0.2) is 4.68 Å². The predicted molar refractivity (Wildman–Crippen MR) is 146 cm³/mol. The highest BCUT2D eigenvalue weighted by Gasteiger charge is 2.28. The van der Waals surface area contributed by atoms with Crippen LogP contribution in [0.5, 0.6) is 17.4 Å². The Labute approximate surface area is 223 Å². The Morgan fingerprint density at radius 1 is 1.03 bits per heavy atom. The Kier molecular flexibility index (Phi) is 7.75. The molecule has 1 aliphatic heterocycles. The Morgan fingerprint density at radius 3 is 2.50 bits per heavy atom. The van der Waals surface area contributed by atoms with Crippen molar-refractivity contribution in [3.8, 4) is 23.1 Å². The van der Waals surface area contributed by atoms with Crippen molar-refractivity contribution in [2.24, 2.45) is 0 Å². The van der Waals surface area contributed by atoms with Crippen LogP contribution in [0.2, 0.25) is 0 Å². The van der Waals surface area contributed by atoms with Crippen LogP contribution in [0.3, 0.4) is 0 Å². The average molecular weight is 512 g/mol. The van der Waals surface area contributed by atoms with Crippen molar-refractivity contribution in [1.82, 2.24) is 14.7 Å². The fourth-order valence-corrected chi connectivity index (χ4v) is 4.67. The molecule has 0 N–H and O–H groups in total. The number of hydrogen-bond donors (Lipinski definition) is 0. The highest BCUT2D eigenvalue weighted by molar-refractivity contribution is 5.94. The zero-order valence-electron chi connectivity index (χ0n) is 22.1. The van der Waals surface area contributed by atoms with Gasteiger partial charge in [-0.2, -0.15) is 5.10 Å². The van der Waals surface area contributed by atoms with E-state index in [-0.39, 0.29) is 12.0 Å². The van der Waals surface area contributed by atoms with Gasteiger partial charge in [-0.15, -0.1) is 0 Å². The van der Waals surface area contributed by atoms with Crippen LogP contribution in [0, 0.1) is 13.8 Å². The number of amides is 1. The lowest BCUT2D eigenvalue weighted by molar-refractivity contribution is 0.0505. The van der Waals surface area contributed by atoms with Gasteiger partial charge in [0.15, 0.2) is 0 Å². The van der Waals surface area contributed by atoms with Gasteiger partial charge < -0.3 is 19.1 Å². The first-order valence-corrected chi connectivity index (χ1v) is 12.9. The number of ether oxygens (including phenoxy) is 3. The van der Waals surface area contributed by atoms with Crippen LogP contribution in [0.15, 0.2) is 78.9 Å². The first kappa shape index (κ1) is 25.5. The van der Waals surface area contributed by atoms with Gasteiger partial charge in [0, 0.05) is 24.8 Å². The van der Waals surface area contributed by atoms with Crippen molar-refractivity contribution in [3.63, 3.8) is 0 Å². The van der Waals surface area contributed by atoms with E-state index in [9.17, 15) is 4.79 Å². The fraction of sp³-hybridized carbons (Fsp3) is 0.290. The van der Waals surface area contributed by atoms with E-state index in [1.807, 2.05) is 97.6 Å². The smallest absolute Gasteiger partial charge is 0.254 e. The molecule has 1 aliphatic rings. The van der Waals surface area contributed by atoms with Crippen molar-refractivity contribution in [3.05, 3.63) is 101 Å². The lowest BCUT2D eigenvalue weighted by Crippen LogP contribution is -2.37. The first-order valence-electron chi connectivity index (χ1n) is 12.9. The van der Waals surface area contributed by atoms with E-state index >= 15 is 0 Å². The van der Waals surface area contributed by atoms with E-state index in [2.05, 4.69) is 0 Å². The van der Waals surface area contributed by atoms with Gasteiger partial charge in [-0.1, -0.05) is 42.0 Å². The summed E-state index contributed by atoms with van der Waals surface area (Å²) in [6.07, 6.45) is 1.95. The molecule has 1 atom stereocenters. The van der Waals surface area contributed by atoms with Crippen molar-refractivity contribution in [1.29, 1.82) is 0 Å². The van der Waals surface area contributed by atoms with Gasteiger partial charge in [0.1, 0.15) is 11.5 Å². The quantitative estimate of drug-likeness (QED) is 0.271. The van der Waals surface area contributed by atoms with E-state index in [0.717, 1.165) is 42.0 Å². The van der Waals surface area contributed by atoms with E-state index in [0.29, 0.717) is 36.0 Å². The summed E-state index contributed by atoms with van der Waals surface area (Å²) < 4.78 is 19.6. The van der Waals surface area contributed by atoms with Crippen molar-refractivity contribution < 1.29 is 19.0 Å². The second-order valence-electron chi connectivity index (χ2n) is 9.58.